The van der Waals surface area contributed by atoms with Crippen LogP contribution in [0, 0.1) is 0 Å². The van der Waals surface area contributed by atoms with Gasteiger partial charge in [-0.3, -0.25) is 0 Å². The SMILES string of the molecule is C=CC=CC(C=C(C)c1ccccc1)=C(C)C. The zero-order chi connectivity index (χ0) is 12.7. The molecule has 0 aromatic heterocycles. The molecule has 0 N–H and O–H groups in total. The fraction of sp³-hybridized carbons (Fsp3) is 0.176. The molecule has 88 valence electrons. The van der Waals surface area contributed by atoms with E-state index in [9.17, 15) is 0 Å². The molecule has 0 spiro atoms. The van der Waals surface area contributed by atoms with Crippen LogP contribution in [0.2, 0.25) is 0 Å². The fourth-order valence-electron chi connectivity index (χ4n) is 1.55. The summed E-state index contributed by atoms with van der Waals surface area (Å²) in [5, 5.41) is 0. The predicted molar refractivity (Wildman–Crippen MR) is 77.8 cm³/mol. The van der Waals surface area contributed by atoms with Crippen LogP contribution in [-0.2, 0) is 0 Å². The highest BCUT2D eigenvalue weighted by Gasteiger charge is 1.96. The lowest BCUT2D eigenvalue weighted by Gasteiger charge is -2.04. The molecule has 0 radical (unpaired) electrons. The Labute approximate surface area is 105 Å². The number of allylic oxidation sites excluding steroid dienone is 7. The van der Waals surface area contributed by atoms with Gasteiger partial charge in [-0.05, 0) is 37.5 Å². The van der Waals surface area contributed by atoms with Crippen molar-refractivity contribution in [1.29, 1.82) is 0 Å². The van der Waals surface area contributed by atoms with Gasteiger partial charge in [-0.15, -0.1) is 0 Å². The first-order chi connectivity index (χ1) is 8.15. The summed E-state index contributed by atoms with van der Waals surface area (Å²) in [5.74, 6) is 0. The van der Waals surface area contributed by atoms with E-state index in [1.165, 1.54) is 22.3 Å². The van der Waals surface area contributed by atoms with Crippen LogP contribution in [0.1, 0.15) is 26.3 Å². The molecule has 0 unspecified atom stereocenters. The molecule has 1 aromatic carbocycles. The molecular weight excluding hydrogens is 204 g/mol. The number of rotatable bonds is 4. The first-order valence-electron chi connectivity index (χ1n) is 5.85. The molecule has 0 atom stereocenters. The van der Waals surface area contributed by atoms with Crippen LogP contribution >= 0.6 is 0 Å². The van der Waals surface area contributed by atoms with E-state index in [0.29, 0.717) is 0 Å². The lowest BCUT2D eigenvalue weighted by molar-refractivity contribution is 1.34. The van der Waals surface area contributed by atoms with Gasteiger partial charge in [0.2, 0.25) is 0 Å². The van der Waals surface area contributed by atoms with Crippen LogP contribution in [0.25, 0.3) is 5.57 Å². The Balaban J connectivity index is 3.05. The average molecular weight is 224 g/mol. The monoisotopic (exact) mass is 224 g/mol. The highest BCUT2D eigenvalue weighted by molar-refractivity contribution is 5.67. The summed E-state index contributed by atoms with van der Waals surface area (Å²) in [5.41, 5.74) is 5.08. The second kappa shape index (κ2) is 6.70. The maximum atomic E-state index is 3.70. The summed E-state index contributed by atoms with van der Waals surface area (Å²) in [4.78, 5) is 0. The van der Waals surface area contributed by atoms with E-state index < -0.39 is 0 Å². The molecule has 0 aliphatic carbocycles. The molecule has 0 heterocycles. The van der Waals surface area contributed by atoms with Crippen LogP contribution in [0.4, 0.5) is 0 Å². The average Bonchev–Trinajstić information content (AvgIpc) is 2.35. The lowest BCUT2D eigenvalue weighted by atomic mass is 10.0. The summed E-state index contributed by atoms with van der Waals surface area (Å²) in [6.07, 6.45) is 8.07. The Morgan fingerprint density at radius 3 is 2.24 bits per heavy atom. The number of hydrogen-bond acceptors (Lipinski definition) is 0. The second-order valence-electron chi connectivity index (χ2n) is 4.24. The molecule has 0 aliphatic heterocycles. The minimum absolute atomic E-state index is 1.24. The largest absolute Gasteiger partial charge is 0.0991 e. The maximum absolute atomic E-state index is 3.70. The number of benzene rings is 1. The Morgan fingerprint density at radius 2 is 1.71 bits per heavy atom. The van der Waals surface area contributed by atoms with Crippen LogP contribution in [0.3, 0.4) is 0 Å². The quantitative estimate of drug-likeness (QED) is 0.619. The van der Waals surface area contributed by atoms with Gasteiger partial charge in [0.25, 0.3) is 0 Å². The molecule has 17 heavy (non-hydrogen) atoms. The molecule has 0 saturated heterocycles. The van der Waals surface area contributed by atoms with Gasteiger partial charge in [-0.25, -0.2) is 0 Å². The van der Waals surface area contributed by atoms with Crippen molar-refractivity contribution in [3.63, 3.8) is 0 Å². The van der Waals surface area contributed by atoms with Crippen LogP contribution in [-0.4, -0.2) is 0 Å². The highest BCUT2D eigenvalue weighted by Crippen LogP contribution is 2.18. The third-order valence-corrected chi connectivity index (χ3v) is 2.59. The highest BCUT2D eigenvalue weighted by atomic mass is 14.0. The van der Waals surface area contributed by atoms with Gasteiger partial charge in [-0.2, -0.15) is 0 Å². The summed E-state index contributed by atoms with van der Waals surface area (Å²) in [7, 11) is 0. The fourth-order valence-corrected chi connectivity index (χ4v) is 1.55. The van der Waals surface area contributed by atoms with Gasteiger partial charge in [0.05, 0.1) is 0 Å². The molecule has 0 bridgehead atoms. The van der Waals surface area contributed by atoms with Crippen LogP contribution in [0.5, 0.6) is 0 Å². The molecule has 0 aliphatic rings. The molecule has 1 rings (SSSR count). The topological polar surface area (TPSA) is 0 Å². The van der Waals surface area contributed by atoms with Crippen molar-refractivity contribution >= 4 is 5.57 Å². The minimum Gasteiger partial charge on any atom is -0.0991 e. The molecule has 0 heteroatoms. The molecule has 1 aromatic rings. The van der Waals surface area contributed by atoms with Gasteiger partial charge in [-0.1, -0.05) is 66.8 Å². The third kappa shape index (κ3) is 4.28. The third-order valence-electron chi connectivity index (χ3n) is 2.59. The van der Waals surface area contributed by atoms with Gasteiger partial charge in [0.15, 0.2) is 0 Å². The minimum atomic E-state index is 1.24. The van der Waals surface area contributed by atoms with E-state index in [2.05, 4.69) is 63.8 Å². The van der Waals surface area contributed by atoms with E-state index >= 15 is 0 Å². The predicted octanol–water partition coefficient (Wildman–Crippen LogP) is 5.17. The van der Waals surface area contributed by atoms with E-state index in [4.69, 9.17) is 0 Å². The summed E-state index contributed by atoms with van der Waals surface area (Å²) < 4.78 is 0. The van der Waals surface area contributed by atoms with Crippen molar-refractivity contribution in [2.75, 3.05) is 0 Å². The second-order valence-corrected chi connectivity index (χ2v) is 4.24. The smallest absolute Gasteiger partial charge is 0.0227 e. The zero-order valence-corrected chi connectivity index (χ0v) is 10.9. The Bertz CT molecular complexity index is 452. The van der Waals surface area contributed by atoms with E-state index in [-0.39, 0.29) is 0 Å². The first kappa shape index (κ1) is 13.2. The van der Waals surface area contributed by atoms with Gasteiger partial charge in [0, 0.05) is 0 Å². The van der Waals surface area contributed by atoms with Gasteiger partial charge in [0.1, 0.15) is 0 Å². The zero-order valence-electron chi connectivity index (χ0n) is 10.9. The molecule has 0 amide bonds. The summed E-state index contributed by atoms with van der Waals surface area (Å²) >= 11 is 0. The maximum Gasteiger partial charge on any atom is -0.0227 e. The first-order valence-corrected chi connectivity index (χ1v) is 5.85. The molecule has 0 nitrogen and oxygen atoms in total. The van der Waals surface area contributed by atoms with Crippen molar-refractivity contribution in [2.24, 2.45) is 0 Å². The normalized spacial score (nSPS) is 11.6. The Kier molecular flexibility index (Phi) is 5.22. The molecule has 0 saturated carbocycles. The summed E-state index contributed by atoms with van der Waals surface area (Å²) in [6, 6.07) is 10.4. The number of hydrogen-bond donors (Lipinski definition) is 0. The van der Waals surface area contributed by atoms with Gasteiger partial charge < -0.3 is 0 Å². The van der Waals surface area contributed by atoms with Crippen molar-refractivity contribution in [3.8, 4) is 0 Å². The van der Waals surface area contributed by atoms with E-state index in [0.717, 1.165) is 0 Å². The Morgan fingerprint density at radius 1 is 1.06 bits per heavy atom. The summed E-state index contributed by atoms with van der Waals surface area (Å²) in [6.45, 7) is 10.1. The van der Waals surface area contributed by atoms with Crippen molar-refractivity contribution < 1.29 is 0 Å². The van der Waals surface area contributed by atoms with Crippen molar-refractivity contribution in [3.05, 3.63) is 77.9 Å². The van der Waals surface area contributed by atoms with E-state index in [1.807, 2.05) is 12.1 Å². The standard InChI is InChI=1S/C17H20/c1-5-6-10-17(14(2)3)13-15(4)16-11-8-7-9-12-16/h5-13H,1H2,2-4H3. The van der Waals surface area contributed by atoms with E-state index in [1.54, 1.807) is 6.08 Å². The Hall–Kier alpha value is -1.82. The molecule has 0 fully saturated rings. The van der Waals surface area contributed by atoms with Gasteiger partial charge >= 0.3 is 0 Å². The van der Waals surface area contributed by atoms with Crippen molar-refractivity contribution in [1.82, 2.24) is 0 Å². The molecular formula is C17H20. The van der Waals surface area contributed by atoms with Crippen molar-refractivity contribution in [2.45, 2.75) is 20.8 Å². The van der Waals surface area contributed by atoms with Crippen LogP contribution in [0.15, 0.2) is 72.4 Å². The van der Waals surface area contributed by atoms with Crippen LogP contribution < -0.4 is 0 Å². The lowest BCUT2D eigenvalue weighted by Crippen LogP contribution is -1.82.